The van der Waals surface area contributed by atoms with Crippen molar-refractivity contribution in [3.63, 3.8) is 0 Å². The molecule has 2 saturated carbocycles. The molecule has 2 bridgehead atoms. The molecule has 1 N–H and O–H groups in total. The van der Waals surface area contributed by atoms with Gasteiger partial charge in [0.2, 0.25) is 0 Å². The number of benzene rings is 1. The standard InChI is InChI=1S/C17H23Cl2N/c1-2-7-20-17(14-9-11-3-4-12(14)8-11)15-10-13(18)5-6-16(15)19/h5-6,10-12,14,17,20H,2-4,7-9H2,1H3. The maximum absolute atomic E-state index is 6.45. The summed E-state index contributed by atoms with van der Waals surface area (Å²) in [5.41, 5.74) is 1.20. The minimum atomic E-state index is 0.372. The molecule has 1 nitrogen and oxygen atoms in total. The lowest BCUT2D eigenvalue weighted by molar-refractivity contribution is 0.251. The summed E-state index contributed by atoms with van der Waals surface area (Å²) >= 11 is 12.6. The third-order valence-electron chi connectivity index (χ3n) is 5.13. The average Bonchev–Trinajstić information content (AvgIpc) is 3.05. The second-order valence-corrected chi connectivity index (χ2v) is 7.28. The lowest BCUT2D eigenvalue weighted by Gasteiger charge is -2.32. The molecule has 0 radical (unpaired) electrons. The van der Waals surface area contributed by atoms with E-state index in [-0.39, 0.29) is 0 Å². The molecule has 2 aliphatic carbocycles. The van der Waals surface area contributed by atoms with Crippen LogP contribution < -0.4 is 5.32 Å². The van der Waals surface area contributed by atoms with Crippen LogP contribution in [0.3, 0.4) is 0 Å². The molecule has 0 spiro atoms. The van der Waals surface area contributed by atoms with Gasteiger partial charge in [-0.1, -0.05) is 36.5 Å². The fraction of sp³-hybridized carbons (Fsp3) is 0.647. The van der Waals surface area contributed by atoms with Crippen molar-refractivity contribution in [1.29, 1.82) is 0 Å². The van der Waals surface area contributed by atoms with Gasteiger partial charge in [0.15, 0.2) is 0 Å². The molecule has 0 saturated heterocycles. The van der Waals surface area contributed by atoms with Gasteiger partial charge < -0.3 is 5.32 Å². The van der Waals surface area contributed by atoms with Crippen molar-refractivity contribution in [1.82, 2.24) is 5.32 Å². The van der Waals surface area contributed by atoms with Gasteiger partial charge in [0, 0.05) is 16.1 Å². The van der Waals surface area contributed by atoms with Gasteiger partial charge in [-0.05, 0) is 73.7 Å². The van der Waals surface area contributed by atoms with Crippen LogP contribution in [0.2, 0.25) is 10.0 Å². The lowest BCUT2D eigenvalue weighted by atomic mass is 9.80. The Labute approximate surface area is 132 Å². The fourth-order valence-electron chi connectivity index (χ4n) is 4.25. The van der Waals surface area contributed by atoms with E-state index in [0.29, 0.717) is 6.04 Å². The van der Waals surface area contributed by atoms with E-state index in [4.69, 9.17) is 23.2 Å². The lowest BCUT2D eigenvalue weighted by Crippen LogP contribution is -2.32. The van der Waals surface area contributed by atoms with E-state index >= 15 is 0 Å². The van der Waals surface area contributed by atoms with E-state index in [2.05, 4.69) is 18.3 Å². The molecule has 4 atom stereocenters. The van der Waals surface area contributed by atoms with Crippen LogP contribution in [0.4, 0.5) is 0 Å². The summed E-state index contributed by atoms with van der Waals surface area (Å²) in [6.07, 6.45) is 6.76. The quantitative estimate of drug-likeness (QED) is 0.760. The second kappa shape index (κ2) is 6.25. The molecule has 1 aromatic carbocycles. The molecule has 0 amide bonds. The van der Waals surface area contributed by atoms with Gasteiger partial charge in [-0.3, -0.25) is 0 Å². The van der Waals surface area contributed by atoms with E-state index in [1.807, 2.05) is 12.1 Å². The minimum absolute atomic E-state index is 0.372. The second-order valence-electron chi connectivity index (χ2n) is 6.44. The predicted octanol–water partition coefficient (Wildman–Crippen LogP) is 5.47. The zero-order valence-electron chi connectivity index (χ0n) is 12.0. The van der Waals surface area contributed by atoms with Crippen LogP contribution in [-0.2, 0) is 0 Å². The van der Waals surface area contributed by atoms with Crippen molar-refractivity contribution in [2.75, 3.05) is 6.54 Å². The number of rotatable bonds is 5. The molecule has 0 heterocycles. The normalized spacial score (nSPS) is 29.9. The molecule has 3 rings (SSSR count). The third kappa shape index (κ3) is 2.86. The Morgan fingerprint density at radius 3 is 2.75 bits per heavy atom. The molecule has 4 unspecified atom stereocenters. The molecule has 110 valence electrons. The molecular formula is C17H23Cl2N. The first-order valence-corrected chi connectivity index (χ1v) is 8.63. The summed E-state index contributed by atoms with van der Waals surface area (Å²) in [5.74, 6) is 2.56. The molecule has 1 aromatic rings. The molecule has 0 aromatic heterocycles. The highest BCUT2D eigenvalue weighted by Crippen LogP contribution is 2.53. The Balaban J connectivity index is 1.87. The monoisotopic (exact) mass is 311 g/mol. The van der Waals surface area contributed by atoms with Crippen LogP contribution in [0.15, 0.2) is 18.2 Å². The maximum atomic E-state index is 6.45. The van der Waals surface area contributed by atoms with E-state index < -0.39 is 0 Å². The van der Waals surface area contributed by atoms with Crippen LogP contribution in [0.25, 0.3) is 0 Å². The van der Waals surface area contributed by atoms with Crippen molar-refractivity contribution < 1.29 is 0 Å². The van der Waals surface area contributed by atoms with Gasteiger partial charge in [-0.2, -0.15) is 0 Å². The van der Waals surface area contributed by atoms with Crippen LogP contribution in [0.1, 0.15) is 50.6 Å². The molecule has 0 aliphatic heterocycles. The van der Waals surface area contributed by atoms with Crippen molar-refractivity contribution in [3.8, 4) is 0 Å². The van der Waals surface area contributed by atoms with Gasteiger partial charge in [0.05, 0.1) is 0 Å². The van der Waals surface area contributed by atoms with Gasteiger partial charge >= 0.3 is 0 Å². The Morgan fingerprint density at radius 1 is 1.25 bits per heavy atom. The number of nitrogens with one attached hydrogen (secondary N) is 1. The molecule has 3 heteroatoms. The predicted molar refractivity (Wildman–Crippen MR) is 86.4 cm³/mol. The van der Waals surface area contributed by atoms with Gasteiger partial charge in [-0.15, -0.1) is 0 Å². The van der Waals surface area contributed by atoms with E-state index in [1.165, 1.54) is 31.2 Å². The Hall–Kier alpha value is -0.240. The summed E-state index contributed by atoms with van der Waals surface area (Å²) in [6.45, 7) is 3.26. The van der Waals surface area contributed by atoms with Gasteiger partial charge in [-0.25, -0.2) is 0 Å². The number of hydrogen-bond donors (Lipinski definition) is 1. The molecule has 2 aliphatic rings. The third-order valence-corrected chi connectivity index (χ3v) is 5.71. The minimum Gasteiger partial charge on any atom is -0.310 e. The summed E-state index contributed by atoms with van der Waals surface area (Å²) < 4.78 is 0. The Morgan fingerprint density at radius 2 is 2.10 bits per heavy atom. The van der Waals surface area contributed by atoms with Crippen LogP contribution in [0, 0.1) is 17.8 Å². The zero-order chi connectivity index (χ0) is 14.1. The van der Waals surface area contributed by atoms with Crippen LogP contribution >= 0.6 is 23.2 Å². The number of fused-ring (bicyclic) bond motifs is 2. The largest absolute Gasteiger partial charge is 0.310 e. The molecule has 20 heavy (non-hydrogen) atoms. The summed E-state index contributed by atoms with van der Waals surface area (Å²) in [4.78, 5) is 0. The van der Waals surface area contributed by atoms with E-state index in [1.54, 1.807) is 0 Å². The van der Waals surface area contributed by atoms with E-state index in [0.717, 1.165) is 40.8 Å². The highest BCUT2D eigenvalue weighted by molar-refractivity contribution is 6.33. The average molecular weight is 312 g/mol. The first kappa shape index (κ1) is 14.7. The zero-order valence-corrected chi connectivity index (χ0v) is 13.6. The Kier molecular flexibility index (Phi) is 4.59. The van der Waals surface area contributed by atoms with E-state index in [9.17, 15) is 0 Å². The highest BCUT2D eigenvalue weighted by Gasteiger charge is 2.43. The van der Waals surface area contributed by atoms with Crippen molar-refractivity contribution in [2.45, 2.75) is 45.1 Å². The summed E-state index contributed by atoms with van der Waals surface area (Å²) in [5, 5.41) is 5.38. The molecule has 2 fully saturated rings. The Bertz CT molecular complexity index is 474. The summed E-state index contributed by atoms with van der Waals surface area (Å²) in [6, 6.07) is 6.25. The molecular weight excluding hydrogens is 289 g/mol. The smallest absolute Gasteiger partial charge is 0.0454 e. The van der Waals surface area contributed by atoms with Gasteiger partial charge in [0.1, 0.15) is 0 Å². The number of hydrogen-bond acceptors (Lipinski definition) is 1. The first-order valence-electron chi connectivity index (χ1n) is 7.87. The van der Waals surface area contributed by atoms with Crippen LogP contribution in [0.5, 0.6) is 0 Å². The fourth-order valence-corrected chi connectivity index (χ4v) is 4.66. The maximum Gasteiger partial charge on any atom is 0.0454 e. The van der Waals surface area contributed by atoms with Crippen molar-refractivity contribution in [3.05, 3.63) is 33.8 Å². The summed E-state index contributed by atoms with van der Waals surface area (Å²) in [7, 11) is 0. The highest BCUT2D eigenvalue weighted by atomic mass is 35.5. The van der Waals surface area contributed by atoms with Crippen molar-refractivity contribution >= 4 is 23.2 Å². The SMILES string of the molecule is CCCNC(c1cc(Cl)ccc1Cl)C1CC2CCC1C2. The van der Waals surface area contributed by atoms with Crippen LogP contribution in [-0.4, -0.2) is 6.54 Å². The first-order chi connectivity index (χ1) is 9.69. The topological polar surface area (TPSA) is 12.0 Å². The van der Waals surface area contributed by atoms with Crippen molar-refractivity contribution in [2.24, 2.45) is 17.8 Å². The number of halogens is 2. The van der Waals surface area contributed by atoms with Gasteiger partial charge in [0.25, 0.3) is 0 Å².